The highest BCUT2D eigenvalue weighted by molar-refractivity contribution is 6.34. The average molecular weight is 453 g/mol. The Kier molecular flexibility index (Phi) is 5.43. The number of anilines is 1. The van der Waals surface area contributed by atoms with Crippen molar-refractivity contribution in [3.05, 3.63) is 63.1 Å². The number of rotatable bonds is 2. The molecule has 10 heteroatoms. The van der Waals surface area contributed by atoms with Crippen LogP contribution in [-0.4, -0.2) is 19.3 Å². The van der Waals surface area contributed by atoms with E-state index in [1.54, 1.807) is 0 Å². The van der Waals surface area contributed by atoms with Crippen molar-refractivity contribution in [3.63, 3.8) is 0 Å². The first-order chi connectivity index (χ1) is 13.4. The SMILES string of the molecule is N#Cc1ccc(N2CCC(c3cc(Cl)cc(Cl)c3)(C(F)(F)F)C2)cc1C(F)(F)F. The fourth-order valence-electron chi connectivity index (χ4n) is 3.55. The van der Waals surface area contributed by atoms with Crippen molar-refractivity contribution < 1.29 is 26.3 Å². The molecule has 29 heavy (non-hydrogen) atoms. The molecule has 1 saturated heterocycles. The molecular formula is C19H12Cl2F6N2. The third-order valence-electron chi connectivity index (χ3n) is 5.02. The molecule has 2 aromatic rings. The summed E-state index contributed by atoms with van der Waals surface area (Å²) in [6.07, 6.45) is -9.87. The van der Waals surface area contributed by atoms with E-state index in [9.17, 15) is 26.3 Å². The fourth-order valence-corrected chi connectivity index (χ4v) is 4.08. The van der Waals surface area contributed by atoms with Crippen LogP contribution in [0.15, 0.2) is 36.4 Å². The van der Waals surface area contributed by atoms with E-state index in [1.807, 2.05) is 0 Å². The fraction of sp³-hybridized carbons (Fsp3) is 0.316. The third-order valence-corrected chi connectivity index (χ3v) is 5.46. The Morgan fingerprint density at radius 3 is 2.10 bits per heavy atom. The number of benzene rings is 2. The average Bonchev–Trinajstić information content (AvgIpc) is 3.06. The van der Waals surface area contributed by atoms with Crippen LogP contribution in [0.25, 0.3) is 0 Å². The van der Waals surface area contributed by atoms with Crippen LogP contribution < -0.4 is 4.90 Å². The summed E-state index contributed by atoms with van der Waals surface area (Å²) in [5.74, 6) is 0. The lowest BCUT2D eigenvalue weighted by Crippen LogP contribution is -2.44. The van der Waals surface area contributed by atoms with Crippen molar-refractivity contribution in [2.24, 2.45) is 0 Å². The van der Waals surface area contributed by atoms with Crippen molar-refractivity contribution in [1.82, 2.24) is 0 Å². The zero-order valence-corrected chi connectivity index (χ0v) is 16.0. The summed E-state index contributed by atoms with van der Waals surface area (Å²) in [5, 5.41) is 8.96. The molecule has 1 fully saturated rings. The van der Waals surface area contributed by atoms with Gasteiger partial charge in [-0.3, -0.25) is 0 Å². The highest BCUT2D eigenvalue weighted by atomic mass is 35.5. The molecule has 0 aromatic heterocycles. The van der Waals surface area contributed by atoms with Gasteiger partial charge in [0.05, 0.1) is 17.2 Å². The van der Waals surface area contributed by atoms with Gasteiger partial charge in [-0.15, -0.1) is 0 Å². The predicted octanol–water partition coefficient (Wildman–Crippen LogP) is 6.59. The lowest BCUT2D eigenvalue weighted by molar-refractivity contribution is -0.184. The number of nitriles is 1. The zero-order chi connectivity index (χ0) is 21.6. The molecule has 0 N–H and O–H groups in total. The first kappa shape index (κ1) is 21.6. The summed E-state index contributed by atoms with van der Waals surface area (Å²) in [7, 11) is 0. The van der Waals surface area contributed by atoms with Crippen molar-refractivity contribution in [2.45, 2.75) is 24.2 Å². The molecule has 0 bridgehead atoms. The summed E-state index contributed by atoms with van der Waals surface area (Å²) in [5.41, 5.74) is -4.31. The standard InChI is InChI=1S/C19H12Cl2F6N2/c20-13-5-12(6-14(21)7-13)17(19(25,26)27)3-4-29(10-17)15-2-1-11(9-28)16(8-15)18(22,23)24/h1-2,5-8H,3-4,10H2. The minimum Gasteiger partial charge on any atom is -0.370 e. The van der Waals surface area contributed by atoms with Crippen LogP contribution in [0, 0.1) is 11.3 Å². The zero-order valence-electron chi connectivity index (χ0n) is 14.5. The summed E-state index contributed by atoms with van der Waals surface area (Å²) < 4.78 is 82.0. The van der Waals surface area contributed by atoms with Gasteiger partial charge in [0.15, 0.2) is 0 Å². The lowest BCUT2D eigenvalue weighted by atomic mass is 9.79. The van der Waals surface area contributed by atoms with Crippen molar-refractivity contribution in [1.29, 1.82) is 5.26 Å². The van der Waals surface area contributed by atoms with E-state index in [0.717, 1.165) is 6.07 Å². The van der Waals surface area contributed by atoms with Gasteiger partial charge in [0.2, 0.25) is 0 Å². The largest absolute Gasteiger partial charge is 0.417 e. The molecule has 1 aliphatic heterocycles. The molecular weight excluding hydrogens is 441 g/mol. The Bertz CT molecular complexity index is 960. The maximum atomic E-state index is 14.1. The molecule has 2 nitrogen and oxygen atoms in total. The van der Waals surface area contributed by atoms with E-state index in [4.69, 9.17) is 28.5 Å². The molecule has 1 aliphatic rings. The summed E-state index contributed by atoms with van der Waals surface area (Å²) in [6, 6.07) is 7.98. The normalized spacial score (nSPS) is 20.0. The smallest absolute Gasteiger partial charge is 0.370 e. The van der Waals surface area contributed by atoms with Crippen LogP contribution in [0.3, 0.4) is 0 Å². The van der Waals surface area contributed by atoms with Crippen molar-refractivity contribution >= 4 is 28.9 Å². The highest BCUT2D eigenvalue weighted by Gasteiger charge is 2.59. The van der Waals surface area contributed by atoms with E-state index in [0.29, 0.717) is 6.07 Å². The van der Waals surface area contributed by atoms with Crippen molar-refractivity contribution in [2.75, 3.05) is 18.0 Å². The van der Waals surface area contributed by atoms with E-state index >= 15 is 0 Å². The first-order valence-corrected chi connectivity index (χ1v) is 9.02. The number of alkyl halides is 6. The van der Waals surface area contributed by atoms with Crippen LogP contribution in [-0.2, 0) is 11.6 Å². The molecule has 1 unspecified atom stereocenters. The maximum absolute atomic E-state index is 14.1. The Morgan fingerprint density at radius 1 is 0.966 bits per heavy atom. The van der Waals surface area contributed by atoms with Crippen LogP contribution >= 0.6 is 23.2 Å². The van der Waals surface area contributed by atoms with Gasteiger partial charge in [-0.1, -0.05) is 23.2 Å². The second kappa shape index (κ2) is 7.29. The number of nitrogens with zero attached hydrogens (tertiary/aromatic N) is 2. The molecule has 0 saturated carbocycles. The van der Waals surface area contributed by atoms with E-state index in [-0.39, 0.29) is 34.3 Å². The van der Waals surface area contributed by atoms with Gasteiger partial charge in [0.25, 0.3) is 0 Å². The number of halogens is 8. The first-order valence-electron chi connectivity index (χ1n) is 8.27. The Hall–Kier alpha value is -2.11. The second-order valence-corrected chi connectivity index (χ2v) is 7.62. The second-order valence-electron chi connectivity index (χ2n) is 6.75. The topological polar surface area (TPSA) is 27.0 Å². The molecule has 1 atom stereocenters. The third kappa shape index (κ3) is 3.99. The van der Waals surface area contributed by atoms with Crippen LogP contribution in [0.2, 0.25) is 10.0 Å². The van der Waals surface area contributed by atoms with Crippen LogP contribution in [0.5, 0.6) is 0 Å². The summed E-state index contributed by atoms with van der Waals surface area (Å²) >= 11 is 11.8. The van der Waals surface area contributed by atoms with Crippen LogP contribution in [0.1, 0.15) is 23.1 Å². The molecule has 3 rings (SSSR count). The van der Waals surface area contributed by atoms with E-state index in [1.165, 1.54) is 35.2 Å². The molecule has 0 amide bonds. The molecule has 154 valence electrons. The number of hydrogen-bond acceptors (Lipinski definition) is 2. The van der Waals surface area contributed by atoms with Gasteiger partial charge in [0, 0.05) is 28.8 Å². The predicted molar refractivity (Wildman–Crippen MR) is 97.2 cm³/mol. The minimum atomic E-state index is -4.80. The lowest BCUT2D eigenvalue weighted by Gasteiger charge is -2.33. The van der Waals surface area contributed by atoms with Crippen molar-refractivity contribution in [3.8, 4) is 6.07 Å². The Labute approximate surface area is 172 Å². The van der Waals surface area contributed by atoms with E-state index < -0.39 is 35.4 Å². The van der Waals surface area contributed by atoms with Gasteiger partial charge in [-0.05, 0) is 48.4 Å². The minimum absolute atomic E-state index is 0.0345. The summed E-state index contributed by atoms with van der Waals surface area (Å²) in [4.78, 5) is 1.22. The van der Waals surface area contributed by atoms with Gasteiger partial charge >= 0.3 is 12.4 Å². The molecule has 0 aliphatic carbocycles. The number of hydrogen-bond donors (Lipinski definition) is 0. The van der Waals surface area contributed by atoms with Crippen LogP contribution in [0.4, 0.5) is 32.0 Å². The quantitative estimate of drug-likeness (QED) is 0.480. The monoisotopic (exact) mass is 452 g/mol. The van der Waals surface area contributed by atoms with Gasteiger partial charge in [0.1, 0.15) is 5.41 Å². The van der Waals surface area contributed by atoms with Gasteiger partial charge in [-0.25, -0.2) is 0 Å². The summed E-state index contributed by atoms with van der Waals surface area (Å²) in [6.45, 7) is -0.733. The van der Waals surface area contributed by atoms with Gasteiger partial charge in [-0.2, -0.15) is 31.6 Å². The molecule has 0 radical (unpaired) electrons. The molecule has 2 aromatic carbocycles. The molecule has 1 heterocycles. The molecule has 0 spiro atoms. The maximum Gasteiger partial charge on any atom is 0.417 e. The highest BCUT2D eigenvalue weighted by Crippen LogP contribution is 2.49. The van der Waals surface area contributed by atoms with E-state index in [2.05, 4.69) is 0 Å². The Balaban J connectivity index is 2.05. The van der Waals surface area contributed by atoms with Gasteiger partial charge < -0.3 is 4.90 Å². The Morgan fingerprint density at radius 2 is 1.59 bits per heavy atom.